The quantitative estimate of drug-likeness (QED) is 0.751. The largest absolute Gasteiger partial charge is 0.350 e. The molecule has 2 aliphatic rings. The van der Waals surface area contributed by atoms with Crippen molar-refractivity contribution in [1.29, 1.82) is 0 Å². The number of sulfonamides is 1. The summed E-state index contributed by atoms with van der Waals surface area (Å²) >= 11 is 0. The van der Waals surface area contributed by atoms with Crippen molar-refractivity contribution in [3.8, 4) is 0 Å². The van der Waals surface area contributed by atoms with Gasteiger partial charge in [0.15, 0.2) is 0 Å². The summed E-state index contributed by atoms with van der Waals surface area (Å²) in [6, 6.07) is -0.583. The summed E-state index contributed by atoms with van der Waals surface area (Å²) in [7, 11) is -4.42. The van der Waals surface area contributed by atoms with E-state index >= 15 is 0 Å². The van der Waals surface area contributed by atoms with Crippen LogP contribution in [-0.2, 0) is 10.0 Å². The number of halogens is 2. The topological polar surface area (TPSA) is 49.4 Å². The first-order valence-electron chi connectivity index (χ1n) is 4.96. The number of hydrogen-bond acceptors (Lipinski definition) is 3. The highest BCUT2D eigenvalue weighted by molar-refractivity contribution is 7.89. The molecule has 0 amide bonds. The Morgan fingerprint density at radius 3 is 2.67 bits per heavy atom. The van der Waals surface area contributed by atoms with Gasteiger partial charge in [-0.05, 0) is 25.8 Å². The molecule has 4 nitrogen and oxygen atoms in total. The van der Waals surface area contributed by atoms with Crippen molar-refractivity contribution in [2.45, 2.75) is 31.2 Å². The second-order valence-electron chi connectivity index (χ2n) is 4.21. The van der Waals surface area contributed by atoms with E-state index in [1.807, 2.05) is 0 Å². The zero-order valence-electron chi connectivity index (χ0n) is 8.36. The molecule has 7 heteroatoms. The number of nitrogens with one attached hydrogen (secondary N) is 1. The molecule has 2 fully saturated rings. The van der Waals surface area contributed by atoms with Gasteiger partial charge < -0.3 is 5.32 Å². The Kier molecular flexibility index (Phi) is 2.72. The van der Waals surface area contributed by atoms with Crippen molar-refractivity contribution < 1.29 is 17.2 Å². The fourth-order valence-electron chi connectivity index (χ4n) is 2.66. The lowest BCUT2D eigenvalue weighted by Gasteiger charge is -2.25. The van der Waals surface area contributed by atoms with Gasteiger partial charge in [-0.2, -0.15) is 13.1 Å². The Labute approximate surface area is 87.7 Å². The van der Waals surface area contributed by atoms with Gasteiger partial charge in [0, 0.05) is 18.6 Å². The van der Waals surface area contributed by atoms with Gasteiger partial charge in [-0.3, -0.25) is 0 Å². The lowest BCUT2D eigenvalue weighted by molar-refractivity contribution is 0.209. The van der Waals surface area contributed by atoms with E-state index < -0.39 is 15.8 Å². The third-order valence-corrected chi connectivity index (χ3v) is 4.90. The summed E-state index contributed by atoms with van der Waals surface area (Å²) in [6.45, 7) is 2.91. The van der Waals surface area contributed by atoms with Crippen LogP contribution in [0.1, 0.15) is 13.3 Å². The molecule has 0 bridgehead atoms. The van der Waals surface area contributed by atoms with E-state index in [2.05, 4.69) is 5.32 Å². The van der Waals surface area contributed by atoms with Crippen LogP contribution in [0.15, 0.2) is 0 Å². The van der Waals surface area contributed by atoms with Crippen LogP contribution in [0.25, 0.3) is 0 Å². The Morgan fingerprint density at radius 2 is 2.07 bits per heavy atom. The molecule has 3 atom stereocenters. The van der Waals surface area contributed by atoms with Gasteiger partial charge in [0.05, 0.1) is 0 Å². The molecule has 0 saturated carbocycles. The lowest BCUT2D eigenvalue weighted by atomic mass is 10.0. The number of nitrogens with zero attached hydrogens (tertiary/aromatic N) is 1. The lowest BCUT2D eigenvalue weighted by Crippen LogP contribution is -2.45. The zero-order chi connectivity index (χ0) is 11.2. The predicted octanol–water partition coefficient (Wildman–Crippen LogP) is 0.221. The molecule has 1 N–H and O–H groups in total. The van der Waals surface area contributed by atoms with Gasteiger partial charge in [0.2, 0.25) is 0 Å². The fraction of sp³-hybridized carbons (Fsp3) is 1.00. The smallest absolute Gasteiger partial charge is 0.315 e. The average molecular weight is 240 g/mol. The maximum atomic E-state index is 12.4. The van der Waals surface area contributed by atoms with E-state index in [9.17, 15) is 17.2 Å². The third-order valence-electron chi connectivity index (χ3n) is 3.23. The minimum atomic E-state index is -4.42. The van der Waals surface area contributed by atoms with Gasteiger partial charge in [-0.25, -0.2) is 8.42 Å². The van der Waals surface area contributed by atoms with Crippen LogP contribution in [0, 0.1) is 5.92 Å². The first kappa shape index (κ1) is 11.2. The fourth-order valence-corrected chi connectivity index (χ4v) is 4.05. The Bertz CT molecular complexity index is 347. The first-order valence-corrected chi connectivity index (χ1v) is 6.46. The van der Waals surface area contributed by atoms with E-state index in [-0.39, 0.29) is 18.0 Å². The van der Waals surface area contributed by atoms with E-state index in [4.69, 9.17) is 0 Å². The molecule has 0 aliphatic carbocycles. The summed E-state index contributed by atoms with van der Waals surface area (Å²) in [5.41, 5.74) is 0. The highest BCUT2D eigenvalue weighted by Crippen LogP contribution is 2.35. The van der Waals surface area contributed by atoms with Crippen molar-refractivity contribution in [3.05, 3.63) is 0 Å². The molecule has 0 aromatic heterocycles. The van der Waals surface area contributed by atoms with Crippen LogP contribution < -0.4 is 5.32 Å². The molecule has 0 radical (unpaired) electrons. The number of hydrogen-bond donors (Lipinski definition) is 1. The SMILES string of the molecule is CC1CC2CNCC2N1S(=O)(=O)C(F)F. The summed E-state index contributed by atoms with van der Waals surface area (Å²) in [4.78, 5) is 0. The van der Waals surface area contributed by atoms with Gasteiger partial charge >= 0.3 is 5.76 Å². The van der Waals surface area contributed by atoms with Crippen molar-refractivity contribution in [2.75, 3.05) is 13.1 Å². The van der Waals surface area contributed by atoms with Crippen LogP contribution in [0.5, 0.6) is 0 Å². The maximum Gasteiger partial charge on any atom is 0.350 e. The van der Waals surface area contributed by atoms with Crippen LogP contribution in [0.3, 0.4) is 0 Å². The molecule has 88 valence electrons. The molecule has 3 unspecified atom stereocenters. The Morgan fingerprint density at radius 1 is 1.40 bits per heavy atom. The van der Waals surface area contributed by atoms with Gasteiger partial charge in [0.1, 0.15) is 0 Å². The van der Waals surface area contributed by atoms with Gasteiger partial charge in [0.25, 0.3) is 10.0 Å². The maximum absolute atomic E-state index is 12.4. The second kappa shape index (κ2) is 3.64. The van der Waals surface area contributed by atoms with Crippen molar-refractivity contribution in [2.24, 2.45) is 5.92 Å². The minimum Gasteiger partial charge on any atom is -0.315 e. The van der Waals surface area contributed by atoms with E-state index in [0.29, 0.717) is 13.0 Å². The summed E-state index contributed by atoms with van der Waals surface area (Å²) in [5.74, 6) is -3.12. The van der Waals surface area contributed by atoms with Crippen molar-refractivity contribution in [1.82, 2.24) is 9.62 Å². The van der Waals surface area contributed by atoms with Crippen LogP contribution in [-0.4, -0.2) is 43.7 Å². The van der Waals surface area contributed by atoms with Gasteiger partial charge in [-0.15, -0.1) is 0 Å². The third kappa shape index (κ3) is 1.66. The average Bonchev–Trinajstić information content (AvgIpc) is 2.61. The summed E-state index contributed by atoms with van der Waals surface area (Å²) in [5, 5.41) is 3.03. The summed E-state index contributed by atoms with van der Waals surface area (Å²) < 4.78 is 48.8. The highest BCUT2D eigenvalue weighted by Gasteiger charge is 2.50. The zero-order valence-corrected chi connectivity index (χ0v) is 9.18. The van der Waals surface area contributed by atoms with Gasteiger partial charge in [-0.1, -0.05) is 0 Å². The molecule has 15 heavy (non-hydrogen) atoms. The summed E-state index contributed by atoms with van der Waals surface area (Å²) in [6.07, 6.45) is 0.670. The standard InChI is InChI=1S/C8H14F2N2O2S/c1-5-2-6-3-11-4-7(6)12(5)15(13,14)8(9)10/h5-8,11H,2-4H2,1H3. The van der Waals surface area contributed by atoms with E-state index in [0.717, 1.165) is 10.8 Å². The number of alkyl halides is 2. The van der Waals surface area contributed by atoms with Crippen molar-refractivity contribution >= 4 is 10.0 Å². The van der Waals surface area contributed by atoms with Crippen LogP contribution in [0.2, 0.25) is 0 Å². The second-order valence-corrected chi connectivity index (χ2v) is 6.01. The minimum absolute atomic E-state index is 0.188. The molecule has 0 spiro atoms. The molecule has 0 aromatic carbocycles. The monoisotopic (exact) mass is 240 g/mol. The molecule has 2 saturated heterocycles. The van der Waals surface area contributed by atoms with E-state index in [1.165, 1.54) is 0 Å². The number of fused-ring (bicyclic) bond motifs is 1. The molecule has 0 aromatic rings. The van der Waals surface area contributed by atoms with Crippen LogP contribution >= 0.6 is 0 Å². The molecule has 2 heterocycles. The first-order chi connectivity index (χ1) is 6.94. The molecule has 2 rings (SSSR count). The van der Waals surface area contributed by atoms with Crippen molar-refractivity contribution in [3.63, 3.8) is 0 Å². The molecule has 2 aliphatic heterocycles. The van der Waals surface area contributed by atoms with E-state index in [1.54, 1.807) is 6.92 Å². The predicted molar refractivity (Wildman–Crippen MR) is 51.0 cm³/mol. The Hall–Kier alpha value is -0.270. The Balaban J connectivity index is 2.28. The van der Waals surface area contributed by atoms with Crippen LogP contribution in [0.4, 0.5) is 8.78 Å². The highest BCUT2D eigenvalue weighted by atomic mass is 32.2. The molecular weight excluding hydrogens is 226 g/mol. The molecular formula is C8H14F2N2O2S. The normalized spacial score (nSPS) is 37.5. The number of rotatable bonds is 2.